The second kappa shape index (κ2) is 7.40. The zero-order valence-electron chi connectivity index (χ0n) is 14.7. The highest BCUT2D eigenvalue weighted by Crippen LogP contribution is 2.20. The van der Waals surface area contributed by atoms with Crippen molar-refractivity contribution in [2.24, 2.45) is 0 Å². The zero-order valence-corrected chi connectivity index (χ0v) is 14.7. The quantitative estimate of drug-likeness (QED) is 0.487. The molecule has 136 valence electrons. The van der Waals surface area contributed by atoms with E-state index in [0.29, 0.717) is 16.8 Å². The Morgan fingerprint density at radius 3 is 1.82 bits per heavy atom. The lowest BCUT2D eigenvalue weighted by atomic mass is 9.99. The minimum absolute atomic E-state index is 0.0596. The highest BCUT2D eigenvalue weighted by Gasteiger charge is 2.24. The lowest BCUT2D eigenvalue weighted by molar-refractivity contribution is 0.100. The molecule has 28 heavy (non-hydrogen) atoms. The van der Waals surface area contributed by atoms with E-state index in [9.17, 15) is 14.0 Å². The van der Waals surface area contributed by atoms with Gasteiger partial charge in [0, 0.05) is 17.3 Å². The Morgan fingerprint density at radius 2 is 1.25 bits per heavy atom. The van der Waals surface area contributed by atoms with Crippen LogP contribution in [0, 0.1) is 5.82 Å². The van der Waals surface area contributed by atoms with Gasteiger partial charge in [-0.25, -0.2) is 9.07 Å². The summed E-state index contributed by atoms with van der Waals surface area (Å²) in [5, 5.41) is 4.36. The van der Waals surface area contributed by atoms with E-state index >= 15 is 0 Å². The average molecular weight is 370 g/mol. The van der Waals surface area contributed by atoms with Crippen LogP contribution in [0.4, 0.5) is 4.39 Å². The number of nitrogens with zero attached hydrogens (tertiary/aromatic N) is 2. The third-order valence-corrected chi connectivity index (χ3v) is 4.34. The predicted octanol–water partition coefficient (Wildman–Crippen LogP) is 4.47. The van der Waals surface area contributed by atoms with Gasteiger partial charge in [0.05, 0.1) is 11.3 Å². The number of aromatic nitrogens is 2. The zero-order chi connectivity index (χ0) is 19.5. The Morgan fingerprint density at radius 1 is 0.714 bits per heavy atom. The average Bonchev–Trinajstić information content (AvgIpc) is 3.20. The van der Waals surface area contributed by atoms with Crippen molar-refractivity contribution in [3.05, 3.63) is 119 Å². The van der Waals surface area contributed by atoms with Crippen LogP contribution in [0.1, 0.15) is 32.0 Å². The standard InChI is InChI=1S/C23H15FN2O2/c24-18-11-13-19(14-12-18)26-15-20(22(27)16-7-3-1-4-8-16)21(25-26)23(28)17-9-5-2-6-10-17/h1-15H. The Kier molecular flexibility index (Phi) is 4.64. The molecule has 0 aliphatic rings. The molecule has 4 rings (SSSR count). The van der Waals surface area contributed by atoms with Crippen molar-refractivity contribution in [1.82, 2.24) is 9.78 Å². The van der Waals surface area contributed by atoms with E-state index in [-0.39, 0.29) is 28.6 Å². The third kappa shape index (κ3) is 3.38. The van der Waals surface area contributed by atoms with Gasteiger partial charge in [-0.05, 0) is 24.3 Å². The summed E-state index contributed by atoms with van der Waals surface area (Å²) in [4.78, 5) is 26.0. The molecule has 1 heterocycles. The number of carbonyl (C=O) groups is 2. The monoisotopic (exact) mass is 370 g/mol. The van der Waals surface area contributed by atoms with Gasteiger partial charge in [-0.2, -0.15) is 5.10 Å². The number of carbonyl (C=O) groups excluding carboxylic acids is 2. The number of benzene rings is 3. The smallest absolute Gasteiger partial charge is 0.214 e. The van der Waals surface area contributed by atoms with Crippen molar-refractivity contribution in [3.63, 3.8) is 0 Å². The van der Waals surface area contributed by atoms with Gasteiger partial charge in [-0.1, -0.05) is 60.7 Å². The molecule has 0 bridgehead atoms. The number of halogens is 1. The first kappa shape index (κ1) is 17.5. The predicted molar refractivity (Wildman–Crippen MR) is 103 cm³/mol. The van der Waals surface area contributed by atoms with Gasteiger partial charge in [0.2, 0.25) is 5.78 Å². The summed E-state index contributed by atoms with van der Waals surface area (Å²) in [6, 6.07) is 23.1. The summed E-state index contributed by atoms with van der Waals surface area (Å²) >= 11 is 0. The van der Waals surface area contributed by atoms with Crippen LogP contribution in [0.3, 0.4) is 0 Å². The van der Waals surface area contributed by atoms with Crippen molar-refractivity contribution in [2.75, 3.05) is 0 Å². The van der Waals surface area contributed by atoms with Crippen molar-refractivity contribution in [3.8, 4) is 5.69 Å². The molecule has 0 fully saturated rings. The van der Waals surface area contributed by atoms with E-state index in [1.165, 1.54) is 35.1 Å². The van der Waals surface area contributed by atoms with Gasteiger partial charge in [0.15, 0.2) is 5.78 Å². The maximum Gasteiger partial charge on any atom is 0.214 e. The molecular weight excluding hydrogens is 355 g/mol. The van der Waals surface area contributed by atoms with Crippen molar-refractivity contribution >= 4 is 11.6 Å². The molecule has 0 aliphatic carbocycles. The Bertz CT molecular complexity index is 1070. The van der Waals surface area contributed by atoms with Gasteiger partial charge < -0.3 is 0 Å². The molecule has 0 saturated carbocycles. The molecular formula is C23H15FN2O2. The summed E-state index contributed by atoms with van der Waals surface area (Å²) < 4.78 is 14.7. The third-order valence-electron chi connectivity index (χ3n) is 4.34. The minimum Gasteiger partial charge on any atom is -0.288 e. The molecule has 0 N–H and O–H groups in total. The van der Waals surface area contributed by atoms with Crippen LogP contribution in [0.5, 0.6) is 0 Å². The van der Waals surface area contributed by atoms with Crippen LogP contribution < -0.4 is 0 Å². The summed E-state index contributed by atoms with van der Waals surface area (Å²) in [6.45, 7) is 0. The Balaban J connectivity index is 1.84. The summed E-state index contributed by atoms with van der Waals surface area (Å²) in [6.07, 6.45) is 1.51. The van der Waals surface area contributed by atoms with Crippen molar-refractivity contribution in [2.45, 2.75) is 0 Å². The molecule has 0 atom stereocenters. The molecule has 0 unspecified atom stereocenters. The van der Waals surface area contributed by atoms with Crippen LogP contribution in [-0.2, 0) is 0 Å². The van der Waals surface area contributed by atoms with E-state index in [4.69, 9.17) is 0 Å². The molecule has 1 aromatic heterocycles. The summed E-state index contributed by atoms with van der Waals surface area (Å²) in [5.41, 5.74) is 1.71. The Hall–Kier alpha value is -3.86. The van der Waals surface area contributed by atoms with Crippen LogP contribution in [0.2, 0.25) is 0 Å². The van der Waals surface area contributed by atoms with E-state index in [2.05, 4.69) is 5.10 Å². The fourth-order valence-electron chi connectivity index (χ4n) is 2.91. The SMILES string of the molecule is O=C(c1ccccc1)c1cn(-c2ccc(F)cc2)nc1C(=O)c1ccccc1. The highest BCUT2D eigenvalue weighted by molar-refractivity contribution is 6.18. The van der Waals surface area contributed by atoms with Gasteiger partial charge >= 0.3 is 0 Å². The Labute approximate surface area is 160 Å². The summed E-state index contributed by atoms with van der Waals surface area (Å²) in [5.74, 6) is -1.02. The number of hydrogen-bond acceptors (Lipinski definition) is 3. The molecule has 0 radical (unpaired) electrons. The molecule has 0 aliphatic heterocycles. The molecule has 4 nitrogen and oxygen atoms in total. The van der Waals surface area contributed by atoms with Gasteiger partial charge in [-0.3, -0.25) is 9.59 Å². The summed E-state index contributed by atoms with van der Waals surface area (Å²) in [7, 11) is 0. The lowest BCUT2D eigenvalue weighted by Crippen LogP contribution is -2.10. The first-order chi connectivity index (χ1) is 13.6. The largest absolute Gasteiger partial charge is 0.288 e. The number of hydrogen-bond donors (Lipinski definition) is 0. The van der Waals surface area contributed by atoms with E-state index < -0.39 is 0 Å². The maximum atomic E-state index is 13.2. The number of rotatable bonds is 5. The normalized spacial score (nSPS) is 10.6. The topological polar surface area (TPSA) is 52.0 Å². The van der Waals surface area contributed by atoms with Gasteiger partial charge in [0.1, 0.15) is 11.5 Å². The first-order valence-corrected chi connectivity index (χ1v) is 8.68. The first-order valence-electron chi connectivity index (χ1n) is 8.68. The van der Waals surface area contributed by atoms with Crippen LogP contribution in [0.25, 0.3) is 5.69 Å². The second-order valence-electron chi connectivity index (χ2n) is 6.20. The maximum absolute atomic E-state index is 13.2. The van der Waals surface area contributed by atoms with Crippen LogP contribution in [0.15, 0.2) is 91.1 Å². The number of ketones is 2. The lowest BCUT2D eigenvalue weighted by Gasteiger charge is -2.02. The van der Waals surface area contributed by atoms with Crippen molar-refractivity contribution < 1.29 is 14.0 Å². The molecule has 0 amide bonds. The van der Waals surface area contributed by atoms with E-state index in [1.807, 2.05) is 12.1 Å². The molecule has 0 saturated heterocycles. The van der Waals surface area contributed by atoms with E-state index in [1.54, 1.807) is 48.5 Å². The van der Waals surface area contributed by atoms with Gasteiger partial charge in [-0.15, -0.1) is 0 Å². The molecule has 5 heteroatoms. The fraction of sp³-hybridized carbons (Fsp3) is 0. The van der Waals surface area contributed by atoms with E-state index in [0.717, 1.165) is 0 Å². The molecule has 3 aromatic carbocycles. The highest BCUT2D eigenvalue weighted by atomic mass is 19.1. The van der Waals surface area contributed by atoms with Crippen LogP contribution >= 0.6 is 0 Å². The second-order valence-corrected chi connectivity index (χ2v) is 6.20. The van der Waals surface area contributed by atoms with Gasteiger partial charge in [0.25, 0.3) is 0 Å². The fourth-order valence-corrected chi connectivity index (χ4v) is 2.91. The van der Waals surface area contributed by atoms with Crippen molar-refractivity contribution in [1.29, 1.82) is 0 Å². The molecule has 0 spiro atoms. The minimum atomic E-state index is -0.378. The van der Waals surface area contributed by atoms with Crippen LogP contribution in [-0.4, -0.2) is 21.3 Å². The molecule has 4 aromatic rings.